The fourth-order valence-corrected chi connectivity index (χ4v) is 3.92. The number of ether oxygens (including phenoxy) is 2. The molecule has 6 heteroatoms. The SMILES string of the molecule is CCOc1ccc2nc(NC(=O)COc3ccc(-c4ccc(C)cc4)cc3)sc2c1. The van der Waals surface area contributed by atoms with E-state index >= 15 is 0 Å². The smallest absolute Gasteiger partial charge is 0.264 e. The molecular weight excluding hydrogens is 396 g/mol. The number of benzene rings is 3. The highest BCUT2D eigenvalue weighted by Gasteiger charge is 2.10. The van der Waals surface area contributed by atoms with E-state index in [-0.39, 0.29) is 12.5 Å². The van der Waals surface area contributed by atoms with Gasteiger partial charge in [0.25, 0.3) is 5.91 Å². The molecule has 152 valence electrons. The lowest BCUT2D eigenvalue weighted by molar-refractivity contribution is -0.118. The van der Waals surface area contributed by atoms with E-state index in [1.165, 1.54) is 16.9 Å². The first-order chi connectivity index (χ1) is 14.6. The number of hydrogen-bond donors (Lipinski definition) is 1. The summed E-state index contributed by atoms with van der Waals surface area (Å²) in [5, 5.41) is 3.34. The lowest BCUT2D eigenvalue weighted by Gasteiger charge is -2.07. The number of aryl methyl sites for hydroxylation is 1. The number of hydrogen-bond acceptors (Lipinski definition) is 5. The first-order valence-electron chi connectivity index (χ1n) is 9.74. The third-order valence-corrected chi connectivity index (χ3v) is 5.46. The van der Waals surface area contributed by atoms with Crippen LogP contribution in [0.5, 0.6) is 11.5 Å². The molecule has 0 aliphatic rings. The number of nitrogens with one attached hydrogen (secondary N) is 1. The van der Waals surface area contributed by atoms with E-state index in [9.17, 15) is 4.79 Å². The Balaban J connectivity index is 1.34. The van der Waals surface area contributed by atoms with Gasteiger partial charge in [-0.05, 0) is 55.3 Å². The molecule has 5 nitrogen and oxygen atoms in total. The summed E-state index contributed by atoms with van der Waals surface area (Å²) in [4.78, 5) is 16.7. The van der Waals surface area contributed by atoms with Crippen LogP contribution in [-0.4, -0.2) is 24.1 Å². The fraction of sp³-hybridized carbons (Fsp3) is 0.167. The minimum Gasteiger partial charge on any atom is -0.494 e. The van der Waals surface area contributed by atoms with Gasteiger partial charge in [-0.1, -0.05) is 53.3 Å². The molecule has 0 spiro atoms. The third kappa shape index (κ3) is 4.78. The van der Waals surface area contributed by atoms with Crippen molar-refractivity contribution in [2.75, 3.05) is 18.5 Å². The number of thiazole rings is 1. The standard InChI is InChI=1S/C24H22N2O3S/c1-3-28-20-12-13-21-22(14-20)30-24(25-21)26-23(27)15-29-19-10-8-18(9-11-19)17-6-4-16(2)5-7-17/h4-14H,3,15H2,1-2H3,(H,25,26,27). The van der Waals surface area contributed by atoms with E-state index in [1.54, 1.807) is 0 Å². The van der Waals surface area contributed by atoms with E-state index in [0.29, 0.717) is 17.5 Å². The Morgan fingerprint density at radius 2 is 1.60 bits per heavy atom. The van der Waals surface area contributed by atoms with E-state index in [0.717, 1.165) is 27.1 Å². The van der Waals surface area contributed by atoms with Gasteiger partial charge < -0.3 is 9.47 Å². The van der Waals surface area contributed by atoms with Crippen LogP contribution < -0.4 is 14.8 Å². The normalized spacial score (nSPS) is 10.7. The number of rotatable bonds is 7. The number of fused-ring (bicyclic) bond motifs is 1. The summed E-state index contributed by atoms with van der Waals surface area (Å²) in [7, 11) is 0. The molecule has 1 heterocycles. The van der Waals surface area contributed by atoms with Crippen molar-refractivity contribution < 1.29 is 14.3 Å². The van der Waals surface area contributed by atoms with Gasteiger partial charge in [0.15, 0.2) is 11.7 Å². The fourth-order valence-electron chi connectivity index (χ4n) is 3.01. The predicted octanol–water partition coefficient (Wildman–Crippen LogP) is 5.69. The van der Waals surface area contributed by atoms with Crippen molar-refractivity contribution in [2.24, 2.45) is 0 Å². The van der Waals surface area contributed by atoms with Crippen LogP contribution in [0.1, 0.15) is 12.5 Å². The largest absolute Gasteiger partial charge is 0.494 e. The van der Waals surface area contributed by atoms with Crippen molar-refractivity contribution in [3.05, 3.63) is 72.3 Å². The zero-order chi connectivity index (χ0) is 20.9. The van der Waals surface area contributed by atoms with Crippen LogP contribution in [0.4, 0.5) is 5.13 Å². The van der Waals surface area contributed by atoms with Crippen molar-refractivity contribution in [2.45, 2.75) is 13.8 Å². The van der Waals surface area contributed by atoms with Crippen LogP contribution >= 0.6 is 11.3 Å². The molecule has 0 bridgehead atoms. The molecule has 0 aliphatic carbocycles. The van der Waals surface area contributed by atoms with Crippen molar-refractivity contribution in [1.29, 1.82) is 0 Å². The Labute approximate surface area is 179 Å². The molecule has 0 saturated carbocycles. The third-order valence-electron chi connectivity index (χ3n) is 4.53. The van der Waals surface area contributed by atoms with Crippen molar-refractivity contribution in [3.63, 3.8) is 0 Å². The predicted molar refractivity (Wildman–Crippen MR) is 122 cm³/mol. The van der Waals surface area contributed by atoms with E-state index in [2.05, 4.69) is 41.5 Å². The summed E-state index contributed by atoms with van der Waals surface area (Å²) < 4.78 is 12.1. The molecule has 1 amide bonds. The molecule has 0 radical (unpaired) electrons. The highest BCUT2D eigenvalue weighted by molar-refractivity contribution is 7.22. The second kappa shape index (κ2) is 8.97. The number of carbonyl (C=O) groups excluding carboxylic acids is 1. The topological polar surface area (TPSA) is 60.5 Å². The molecule has 0 fully saturated rings. The Bertz CT molecular complexity index is 1150. The van der Waals surface area contributed by atoms with Crippen LogP contribution in [-0.2, 0) is 4.79 Å². The summed E-state index contributed by atoms with van der Waals surface area (Å²) in [6.45, 7) is 4.54. The second-order valence-electron chi connectivity index (χ2n) is 6.81. The average Bonchev–Trinajstić information content (AvgIpc) is 3.15. The van der Waals surface area contributed by atoms with Crippen molar-refractivity contribution >= 4 is 32.6 Å². The maximum atomic E-state index is 12.3. The number of aromatic nitrogens is 1. The van der Waals surface area contributed by atoms with Gasteiger partial charge in [0.1, 0.15) is 11.5 Å². The zero-order valence-corrected chi connectivity index (χ0v) is 17.7. The molecule has 1 N–H and O–H groups in total. The Hall–Kier alpha value is -3.38. The first kappa shape index (κ1) is 19.9. The number of nitrogens with zero attached hydrogens (tertiary/aromatic N) is 1. The minimum atomic E-state index is -0.248. The molecule has 0 atom stereocenters. The number of anilines is 1. The van der Waals surface area contributed by atoms with E-state index in [4.69, 9.17) is 9.47 Å². The minimum absolute atomic E-state index is 0.0794. The number of amides is 1. The maximum absolute atomic E-state index is 12.3. The highest BCUT2D eigenvalue weighted by atomic mass is 32.1. The van der Waals surface area contributed by atoms with Crippen molar-refractivity contribution in [3.8, 4) is 22.6 Å². The van der Waals surface area contributed by atoms with Crippen LogP contribution in [0.15, 0.2) is 66.7 Å². The van der Waals surface area contributed by atoms with E-state index in [1.807, 2.05) is 49.4 Å². The monoisotopic (exact) mass is 418 g/mol. The molecule has 3 aromatic carbocycles. The highest BCUT2D eigenvalue weighted by Crippen LogP contribution is 2.29. The molecule has 4 rings (SSSR count). The van der Waals surface area contributed by atoms with E-state index < -0.39 is 0 Å². The lowest BCUT2D eigenvalue weighted by Crippen LogP contribution is -2.19. The summed E-state index contributed by atoms with van der Waals surface area (Å²) >= 11 is 1.41. The lowest BCUT2D eigenvalue weighted by atomic mass is 10.0. The average molecular weight is 419 g/mol. The maximum Gasteiger partial charge on any atom is 0.264 e. The molecular formula is C24H22N2O3S. The first-order valence-corrected chi connectivity index (χ1v) is 10.6. The second-order valence-corrected chi connectivity index (χ2v) is 7.84. The van der Waals surface area contributed by atoms with Gasteiger partial charge in [0.05, 0.1) is 16.8 Å². The summed E-state index contributed by atoms with van der Waals surface area (Å²) in [5.41, 5.74) is 4.31. The van der Waals surface area contributed by atoms with Crippen molar-refractivity contribution in [1.82, 2.24) is 4.98 Å². The van der Waals surface area contributed by atoms with Gasteiger partial charge in [-0.2, -0.15) is 0 Å². The molecule has 4 aromatic rings. The molecule has 1 aromatic heterocycles. The Morgan fingerprint density at radius 3 is 2.30 bits per heavy atom. The summed E-state index contributed by atoms with van der Waals surface area (Å²) in [6.07, 6.45) is 0. The van der Waals surface area contributed by atoms with Gasteiger partial charge in [-0.3, -0.25) is 10.1 Å². The van der Waals surface area contributed by atoms with Crippen LogP contribution in [0.3, 0.4) is 0 Å². The van der Waals surface area contributed by atoms with Gasteiger partial charge in [-0.15, -0.1) is 0 Å². The van der Waals surface area contributed by atoms with Crippen LogP contribution in [0.25, 0.3) is 21.3 Å². The zero-order valence-electron chi connectivity index (χ0n) is 16.8. The number of carbonyl (C=O) groups is 1. The Morgan fingerprint density at radius 1 is 0.933 bits per heavy atom. The Kier molecular flexibility index (Phi) is 5.95. The van der Waals surface area contributed by atoms with Gasteiger partial charge in [-0.25, -0.2) is 4.98 Å². The summed E-state index contributed by atoms with van der Waals surface area (Å²) in [6, 6.07) is 21.8. The van der Waals surface area contributed by atoms with Crippen LogP contribution in [0.2, 0.25) is 0 Å². The molecule has 0 aliphatic heterocycles. The molecule has 0 saturated heterocycles. The van der Waals surface area contributed by atoms with Crippen LogP contribution in [0, 0.1) is 6.92 Å². The quantitative estimate of drug-likeness (QED) is 0.419. The van der Waals surface area contributed by atoms with Gasteiger partial charge >= 0.3 is 0 Å². The summed E-state index contributed by atoms with van der Waals surface area (Å²) in [5.74, 6) is 1.19. The molecule has 30 heavy (non-hydrogen) atoms. The molecule has 0 unspecified atom stereocenters. The van der Waals surface area contributed by atoms with Gasteiger partial charge in [0, 0.05) is 0 Å². The van der Waals surface area contributed by atoms with Gasteiger partial charge in [0.2, 0.25) is 0 Å².